The average molecular weight is 364 g/mol. The molecule has 1 aromatic heterocycles. The SMILES string of the molecule is COC(=O)c1ccccc1N(C)c1ncnc(Oc2ccc(C)cc2)c1N. The van der Waals surface area contributed by atoms with Crippen LogP contribution >= 0.6 is 0 Å². The highest BCUT2D eigenvalue weighted by Crippen LogP contribution is 2.35. The number of anilines is 3. The van der Waals surface area contributed by atoms with Crippen molar-refractivity contribution in [2.45, 2.75) is 6.92 Å². The van der Waals surface area contributed by atoms with Gasteiger partial charge in [-0.05, 0) is 31.2 Å². The molecule has 0 aliphatic carbocycles. The molecule has 0 aliphatic rings. The highest BCUT2D eigenvalue weighted by atomic mass is 16.5. The van der Waals surface area contributed by atoms with Crippen LogP contribution in [0.15, 0.2) is 54.9 Å². The summed E-state index contributed by atoms with van der Waals surface area (Å²) < 4.78 is 10.6. The fourth-order valence-corrected chi connectivity index (χ4v) is 2.60. The monoisotopic (exact) mass is 364 g/mol. The molecule has 0 atom stereocenters. The Labute approximate surface area is 157 Å². The van der Waals surface area contributed by atoms with Crippen LogP contribution in [0.3, 0.4) is 0 Å². The van der Waals surface area contributed by atoms with Crippen LogP contribution in [0.25, 0.3) is 0 Å². The molecule has 0 saturated carbocycles. The summed E-state index contributed by atoms with van der Waals surface area (Å²) in [6.45, 7) is 1.99. The number of methoxy groups -OCH3 is 1. The van der Waals surface area contributed by atoms with Crippen LogP contribution in [0, 0.1) is 6.92 Å². The summed E-state index contributed by atoms with van der Waals surface area (Å²) in [6.07, 6.45) is 1.37. The van der Waals surface area contributed by atoms with Crippen LogP contribution in [-0.2, 0) is 4.74 Å². The highest BCUT2D eigenvalue weighted by molar-refractivity contribution is 5.97. The minimum Gasteiger partial charge on any atom is -0.465 e. The summed E-state index contributed by atoms with van der Waals surface area (Å²) >= 11 is 0. The fraction of sp³-hybridized carbons (Fsp3) is 0.150. The number of hydrogen-bond donors (Lipinski definition) is 1. The fourth-order valence-electron chi connectivity index (χ4n) is 2.60. The summed E-state index contributed by atoms with van der Waals surface area (Å²) in [4.78, 5) is 22.1. The summed E-state index contributed by atoms with van der Waals surface area (Å²) in [7, 11) is 3.10. The molecule has 0 bridgehead atoms. The standard InChI is InChI=1S/C20H20N4O3/c1-13-8-10-14(11-9-13)27-19-17(21)18(22-12-23-19)24(2)16-7-5-4-6-15(16)20(25)26-3/h4-12H,21H2,1-3H3. The van der Waals surface area contributed by atoms with Crippen molar-refractivity contribution in [3.8, 4) is 11.6 Å². The second kappa shape index (κ2) is 7.74. The molecule has 7 heteroatoms. The van der Waals surface area contributed by atoms with Gasteiger partial charge in [0.1, 0.15) is 17.8 Å². The Kier molecular flexibility index (Phi) is 5.21. The largest absolute Gasteiger partial charge is 0.465 e. The first-order valence-corrected chi connectivity index (χ1v) is 8.27. The van der Waals surface area contributed by atoms with E-state index < -0.39 is 5.97 Å². The van der Waals surface area contributed by atoms with Gasteiger partial charge in [0.2, 0.25) is 5.88 Å². The minimum absolute atomic E-state index is 0.242. The van der Waals surface area contributed by atoms with E-state index in [0.29, 0.717) is 22.8 Å². The lowest BCUT2D eigenvalue weighted by atomic mass is 10.1. The number of para-hydroxylation sites is 1. The maximum absolute atomic E-state index is 12.1. The second-order valence-electron chi connectivity index (χ2n) is 5.90. The maximum atomic E-state index is 12.1. The first kappa shape index (κ1) is 18.2. The van der Waals surface area contributed by atoms with Crippen molar-refractivity contribution in [1.29, 1.82) is 0 Å². The van der Waals surface area contributed by atoms with E-state index in [-0.39, 0.29) is 11.6 Å². The number of carbonyl (C=O) groups excluding carboxylic acids is 1. The van der Waals surface area contributed by atoms with Gasteiger partial charge < -0.3 is 20.1 Å². The Morgan fingerprint density at radius 1 is 1.07 bits per heavy atom. The zero-order valence-electron chi connectivity index (χ0n) is 15.3. The van der Waals surface area contributed by atoms with Gasteiger partial charge in [-0.2, -0.15) is 4.98 Å². The van der Waals surface area contributed by atoms with Gasteiger partial charge in [-0.3, -0.25) is 0 Å². The number of nitrogen functional groups attached to an aromatic ring is 1. The van der Waals surface area contributed by atoms with Crippen molar-refractivity contribution in [1.82, 2.24) is 9.97 Å². The molecule has 27 heavy (non-hydrogen) atoms. The quantitative estimate of drug-likeness (QED) is 0.690. The first-order chi connectivity index (χ1) is 13.0. The van der Waals surface area contributed by atoms with E-state index in [2.05, 4.69) is 9.97 Å². The third-order valence-electron chi connectivity index (χ3n) is 4.05. The smallest absolute Gasteiger partial charge is 0.339 e. The van der Waals surface area contributed by atoms with E-state index in [1.165, 1.54) is 13.4 Å². The van der Waals surface area contributed by atoms with Gasteiger partial charge in [0.15, 0.2) is 5.82 Å². The first-order valence-electron chi connectivity index (χ1n) is 8.27. The maximum Gasteiger partial charge on any atom is 0.339 e. The van der Waals surface area contributed by atoms with Crippen molar-refractivity contribution >= 4 is 23.2 Å². The lowest BCUT2D eigenvalue weighted by Crippen LogP contribution is -2.18. The Hall–Kier alpha value is -3.61. The highest BCUT2D eigenvalue weighted by Gasteiger charge is 2.20. The van der Waals surface area contributed by atoms with Crippen molar-refractivity contribution in [2.24, 2.45) is 0 Å². The normalized spacial score (nSPS) is 10.3. The van der Waals surface area contributed by atoms with E-state index in [1.807, 2.05) is 37.3 Å². The molecule has 0 unspecified atom stereocenters. The van der Waals surface area contributed by atoms with E-state index in [9.17, 15) is 4.79 Å². The number of rotatable bonds is 5. The topological polar surface area (TPSA) is 90.6 Å². The minimum atomic E-state index is -0.443. The molecule has 2 aromatic carbocycles. The zero-order chi connectivity index (χ0) is 19.4. The van der Waals surface area contributed by atoms with Gasteiger partial charge in [-0.1, -0.05) is 29.8 Å². The molecular weight excluding hydrogens is 344 g/mol. The molecule has 3 rings (SSSR count). The van der Waals surface area contributed by atoms with Crippen molar-refractivity contribution in [3.63, 3.8) is 0 Å². The Balaban J connectivity index is 1.96. The number of esters is 1. The molecule has 0 fully saturated rings. The third kappa shape index (κ3) is 3.82. The van der Waals surface area contributed by atoms with Crippen molar-refractivity contribution < 1.29 is 14.3 Å². The predicted octanol–water partition coefficient (Wildman–Crippen LogP) is 3.71. The Bertz CT molecular complexity index is 958. The molecule has 0 spiro atoms. The van der Waals surface area contributed by atoms with Crippen molar-refractivity contribution in [2.75, 3.05) is 24.8 Å². The molecule has 0 saturated heterocycles. The molecular formula is C20H20N4O3. The van der Waals surface area contributed by atoms with E-state index in [1.54, 1.807) is 30.1 Å². The van der Waals surface area contributed by atoms with E-state index in [4.69, 9.17) is 15.2 Å². The van der Waals surface area contributed by atoms with Crippen molar-refractivity contribution in [3.05, 3.63) is 66.0 Å². The number of hydrogen-bond acceptors (Lipinski definition) is 7. The number of aryl methyl sites for hydroxylation is 1. The Morgan fingerprint density at radius 2 is 1.78 bits per heavy atom. The molecule has 0 radical (unpaired) electrons. The molecule has 7 nitrogen and oxygen atoms in total. The predicted molar refractivity (Wildman–Crippen MR) is 104 cm³/mol. The zero-order valence-corrected chi connectivity index (χ0v) is 15.3. The molecule has 138 valence electrons. The summed E-state index contributed by atoms with van der Waals surface area (Å²) in [5.41, 5.74) is 8.65. The van der Waals surface area contributed by atoms with Gasteiger partial charge in [-0.15, -0.1) is 0 Å². The lowest BCUT2D eigenvalue weighted by molar-refractivity contribution is 0.0601. The van der Waals surface area contributed by atoms with E-state index in [0.717, 1.165) is 5.56 Å². The number of carbonyl (C=O) groups is 1. The molecule has 1 heterocycles. The number of nitrogens with two attached hydrogens (primary N) is 1. The number of aromatic nitrogens is 2. The van der Waals surface area contributed by atoms with Crippen LogP contribution in [0.4, 0.5) is 17.2 Å². The molecule has 0 amide bonds. The summed E-state index contributed by atoms with van der Waals surface area (Å²) in [5, 5.41) is 0. The summed E-state index contributed by atoms with van der Waals surface area (Å²) in [6, 6.07) is 14.6. The van der Waals surface area contributed by atoms with Gasteiger partial charge >= 0.3 is 5.97 Å². The Morgan fingerprint density at radius 3 is 2.48 bits per heavy atom. The molecule has 2 N–H and O–H groups in total. The van der Waals surface area contributed by atoms with Gasteiger partial charge in [-0.25, -0.2) is 9.78 Å². The number of nitrogens with zero attached hydrogens (tertiary/aromatic N) is 3. The second-order valence-corrected chi connectivity index (χ2v) is 5.90. The van der Waals surface area contributed by atoms with Crippen LogP contribution < -0.4 is 15.4 Å². The van der Waals surface area contributed by atoms with Gasteiger partial charge in [0.25, 0.3) is 0 Å². The van der Waals surface area contributed by atoms with E-state index >= 15 is 0 Å². The lowest BCUT2D eigenvalue weighted by Gasteiger charge is -2.22. The summed E-state index contributed by atoms with van der Waals surface area (Å²) in [5.74, 6) is 0.838. The van der Waals surface area contributed by atoms with Crippen LogP contribution in [-0.4, -0.2) is 30.1 Å². The van der Waals surface area contributed by atoms with Crippen LogP contribution in [0.1, 0.15) is 15.9 Å². The molecule has 3 aromatic rings. The van der Waals surface area contributed by atoms with Gasteiger partial charge in [0, 0.05) is 7.05 Å². The van der Waals surface area contributed by atoms with Crippen LogP contribution in [0.2, 0.25) is 0 Å². The number of benzene rings is 2. The number of ether oxygens (including phenoxy) is 2. The van der Waals surface area contributed by atoms with Crippen LogP contribution in [0.5, 0.6) is 11.6 Å². The average Bonchev–Trinajstić information content (AvgIpc) is 2.70. The molecule has 0 aliphatic heterocycles. The van der Waals surface area contributed by atoms with Gasteiger partial charge in [0.05, 0.1) is 18.4 Å². The third-order valence-corrected chi connectivity index (χ3v) is 4.05.